The second-order valence-electron chi connectivity index (χ2n) is 32.5. The Labute approximate surface area is 460 Å². The maximum atomic E-state index is 2.42. The molecule has 0 spiro atoms. The first kappa shape index (κ1) is 70.0. The van der Waals surface area contributed by atoms with Crippen LogP contribution in [0.1, 0.15) is 346 Å². The van der Waals surface area contributed by atoms with Crippen LogP contribution in [0, 0.1) is 116 Å². The molecule has 0 saturated heterocycles. The summed E-state index contributed by atoms with van der Waals surface area (Å²) in [5.74, 6) is 14.9. The third-order valence-corrected chi connectivity index (χ3v) is 23.2. The van der Waals surface area contributed by atoms with Gasteiger partial charge in [0.2, 0.25) is 0 Å². The van der Waals surface area contributed by atoms with Crippen molar-refractivity contribution in [3.63, 3.8) is 0 Å². The van der Waals surface area contributed by atoms with Crippen molar-refractivity contribution >= 4 is 0 Å². The Morgan fingerprint density at radius 1 is 0.319 bits per heavy atom. The molecule has 0 amide bonds. The molecule has 0 radical (unpaired) electrons. The molecule has 9 aliphatic rings. The van der Waals surface area contributed by atoms with Crippen LogP contribution < -0.4 is 0 Å². The van der Waals surface area contributed by atoms with E-state index < -0.39 is 0 Å². The Morgan fingerprint density at radius 2 is 0.681 bits per heavy atom. The van der Waals surface area contributed by atoms with Gasteiger partial charge in [-0.25, -0.2) is 0 Å². The maximum Gasteiger partial charge on any atom is -0.0328 e. The van der Waals surface area contributed by atoms with E-state index in [0.29, 0.717) is 21.7 Å². The van der Waals surface area contributed by atoms with Crippen LogP contribution in [0.4, 0.5) is 0 Å². The highest BCUT2D eigenvalue weighted by atomic mass is 14.4. The van der Waals surface area contributed by atoms with Gasteiger partial charge in [-0.05, 0) is 193 Å². The Bertz CT molecular complexity index is 1230. The molecule has 0 heteroatoms. The van der Waals surface area contributed by atoms with Gasteiger partial charge in [0.1, 0.15) is 0 Å². The molecule has 9 saturated carbocycles. The highest BCUT2D eigenvalue weighted by Gasteiger charge is 2.33. The third-order valence-electron chi connectivity index (χ3n) is 23.2. The summed E-state index contributed by atoms with van der Waals surface area (Å²) in [6, 6.07) is 0. The summed E-state index contributed by atoms with van der Waals surface area (Å²) in [5, 5.41) is 0. The first-order valence-corrected chi connectivity index (χ1v) is 33.2. The van der Waals surface area contributed by atoms with Crippen LogP contribution in [0.15, 0.2) is 0 Å². The molecule has 9 aliphatic carbocycles. The summed E-state index contributed by atoms with van der Waals surface area (Å²) < 4.78 is 0. The number of rotatable bonds is 2. The molecule has 0 heterocycles. The largest absolute Gasteiger partial charge is 0.0651 e. The van der Waals surface area contributed by atoms with Crippen molar-refractivity contribution in [2.45, 2.75) is 346 Å². The second kappa shape index (κ2) is 33.4. The van der Waals surface area contributed by atoms with Crippen molar-refractivity contribution < 1.29 is 0 Å². The van der Waals surface area contributed by atoms with Gasteiger partial charge >= 0.3 is 0 Å². The Hall–Kier alpha value is 0. The molecule has 72 heavy (non-hydrogen) atoms. The van der Waals surface area contributed by atoms with Gasteiger partial charge in [-0.2, -0.15) is 0 Å². The predicted molar refractivity (Wildman–Crippen MR) is 331 cm³/mol. The average Bonchev–Trinajstić information content (AvgIpc) is 4.21. The molecule has 9 fully saturated rings. The fourth-order valence-corrected chi connectivity index (χ4v) is 15.3. The van der Waals surface area contributed by atoms with Gasteiger partial charge in [0, 0.05) is 0 Å². The van der Waals surface area contributed by atoms with E-state index in [2.05, 4.69) is 173 Å². The van der Waals surface area contributed by atoms with Gasteiger partial charge in [0.25, 0.3) is 0 Å². The van der Waals surface area contributed by atoms with Gasteiger partial charge in [-0.15, -0.1) is 0 Å². The fourth-order valence-electron chi connectivity index (χ4n) is 15.3. The zero-order valence-electron chi connectivity index (χ0n) is 55.3. The van der Waals surface area contributed by atoms with Gasteiger partial charge in [0.15, 0.2) is 0 Å². The van der Waals surface area contributed by atoms with E-state index in [1.807, 2.05) is 0 Å². The normalized spacial score (nSPS) is 38.9. The molecule has 10 unspecified atom stereocenters. The minimum Gasteiger partial charge on any atom is -0.0651 e. The van der Waals surface area contributed by atoms with Crippen molar-refractivity contribution in [1.29, 1.82) is 0 Å². The van der Waals surface area contributed by atoms with E-state index in [0.717, 1.165) is 94.2 Å². The molecule has 432 valence electrons. The lowest BCUT2D eigenvalue weighted by molar-refractivity contribution is 0.281. The van der Waals surface area contributed by atoms with E-state index >= 15 is 0 Å². The lowest BCUT2D eigenvalue weighted by atomic mass is 9.83. The topological polar surface area (TPSA) is 0 Å². The van der Waals surface area contributed by atoms with Crippen molar-refractivity contribution in [2.24, 2.45) is 116 Å². The zero-order chi connectivity index (χ0) is 55.3. The zero-order valence-corrected chi connectivity index (χ0v) is 55.3. The van der Waals surface area contributed by atoms with Crippen LogP contribution in [0.25, 0.3) is 0 Å². The summed E-state index contributed by atoms with van der Waals surface area (Å²) in [4.78, 5) is 0. The Kier molecular flexibility index (Phi) is 32.5. The standard InChI is InChI=1S/9C8H16/c2*1-6-4-7(2)8(3)5-6;2*1-7-4-5-8(2,3)6-7;2*1-7-5-4-6-8(7,2)3;1-6-4-5-7(2)8(6)3;1-3-8(2)6-4-5-7-8;1-3-8-6-4-5-7(8)2/h2*6-8H,4-5H2,1-3H3;4*7H,4-6H2,1-3H3;6-8H,4-5H2,1-3H3;3-7H2,1-2H3;7-8H,3-6H2,1-2H3/t6?,7-,8?;;7-;;7-;;;;/m0.0.0..../s1. The minimum atomic E-state index is 0.653. The molecule has 0 nitrogen and oxygen atoms in total. The SMILES string of the molecule is CC1CC(C)C(C)C1.CC1CC(C)[C@@H](C)C1.CC1CCC(C)(C)C1.CC1CCC(C)C1C.CC1CCCC1(C)C.CCC1(C)CCCC1.CCC1CCCC1C.C[C@H]1CCC(C)(C)C1.C[C@H]1CCCC1(C)C. The first-order valence-electron chi connectivity index (χ1n) is 33.2. The number of hydrogen-bond acceptors (Lipinski definition) is 0. The molecule has 0 aromatic heterocycles. The van der Waals surface area contributed by atoms with Gasteiger partial charge in [-0.1, -0.05) is 269 Å². The maximum absolute atomic E-state index is 2.42. The minimum absolute atomic E-state index is 0.653. The average molecular weight is 1010 g/mol. The van der Waals surface area contributed by atoms with Crippen LogP contribution in [0.2, 0.25) is 0 Å². The van der Waals surface area contributed by atoms with Crippen LogP contribution in [0.5, 0.6) is 0 Å². The molecule has 0 bridgehead atoms. The summed E-state index contributed by atoms with van der Waals surface area (Å²) in [6.45, 7) is 59.2. The van der Waals surface area contributed by atoms with Gasteiger partial charge in [-0.3, -0.25) is 0 Å². The fraction of sp³-hybridized carbons (Fsp3) is 1.00. The lowest BCUT2D eigenvalue weighted by Crippen LogP contribution is -2.13. The van der Waals surface area contributed by atoms with E-state index in [1.165, 1.54) is 173 Å². The van der Waals surface area contributed by atoms with Crippen molar-refractivity contribution in [3.8, 4) is 0 Å². The molecular weight excluding hydrogens is 865 g/mol. The molecule has 0 aliphatic heterocycles. The molecule has 13 atom stereocenters. The van der Waals surface area contributed by atoms with Crippen molar-refractivity contribution in [2.75, 3.05) is 0 Å². The Morgan fingerprint density at radius 3 is 0.792 bits per heavy atom. The lowest BCUT2D eigenvalue weighted by Gasteiger charge is -2.22. The van der Waals surface area contributed by atoms with Crippen molar-refractivity contribution in [1.82, 2.24) is 0 Å². The molecule has 0 N–H and O–H groups in total. The monoisotopic (exact) mass is 1010 g/mol. The molecular formula is C72H144. The predicted octanol–water partition coefficient (Wildman–Crippen LogP) is 25.2. The van der Waals surface area contributed by atoms with Crippen LogP contribution >= 0.6 is 0 Å². The van der Waals surface area contributed by atoms with E-state index in [9.17, 15) is 0 Å². The molecule has 0 aromatic rings. The smallest absolute Gasteiger partial charge is 0.0328 e. The van der Waals surface area contributed by atoms with Gasteiger partial charge in [0.05, 0.1) is 0 Å². The van der Waals surface area contributed by atoms with Crippen LogP contribution in [0.3, 0.4) is 0 Å². The number of hydrogen-bond donors (Lipinski definition) is 0. The van der Waals surface area contributed by atoms with Crippen LogP contribution in [-0.4, -0.2) is 0 Å². The van der Waals surface area contributed by atoms with E-state index in [-0.39, 0.29) is 0 Å². The molecule has 9 rings (SSSR count). The third kappa shape index (κ3) is 28.1. The Balaban J connectivity index is 0.000000405. The summed E-state index contributed by atoms with van der Waals surface area (Å²) in [5.41, 5.74) is 3.37. The van der Waals surface area contributed by atoms with E-state index in [1.54, 1.807) is 0 Å². The quantitative estimate of drug-likeness (QED) is 0.259. The first-order chi connectivity index (χ1) is 33.2. The summed E-state index contributed by atoms with van der Waals surface area (Å²) >= 11 is 0. The summed E-state index contributed by atoms with van der Waals surface area (Å²) in [7, 11) is 0. The molecule has 0 aromatic carbocycles. The summed E-state index contributed by atoms with van der Waals surface area (Å²) in [6.07, 6.45) is 39.3. The highest BCUT2D eigenvalue weighted by molar-refractivity contribution is 4.84. The van der Waals surface area contributed by atoms with Gasteiger partial charge < -0.3 is 0 Å². The van der Waals surface area contributed by atoms with Crippen molar-refractivity contribution in [3.05, 3.63) is 0 Å². The highest BCUT2D eigenvalue weighted by Crippen LogP contribution is 2.45. The van der Waals surface area contributed by atoms with E-state index in [4.69, 9.17) is 0 Å². The second-order valence-corrected chi connectivity index (χ2v) is 32.5. The van der Waals surface area contributed by atoms with Crippen LogP contribution in [-0.2, 0) is 0 Å².